The first-order chi connectivity index (χ1) is 13.1. The molecule has 1 saturated heterocycles. The van der Waals surface area contributed by atoms with Gasteiger partial charge >= 0.3 is 5.97 Å². The minimum atomic E-state index is -4.08. The van der Waals surface area contributed by atoms with Gasteiger partial charge in [-0.3, -0.25) is 4.79 Å². The molecule has 0 bridgehead atoms. The maximum absolute atomic E-state index is 13.0. The molecule has 1 aromatic carbocycles. The van der Waals surface area contributed by atoms with E-state index in [0.29, 0.717) is 12.2 Å². The molecule has 3 atom stereocenters. The number of rotatable bonds is 6. The van der Waals surface area contributed by atoms with E-state index in [-0.39, 0.29) is 30.5 Å². The molecule has 0 radical (unpaired) electrons. The second-order valence-electron chi connectivity index (χ2n) is 6.91. The number of aliphatic carboxylic acids is 1. The van der Waals surface area contributed by atoms with Crippen molar-refractivity contribution >= 4 is 16.0 Å². The Kier molecular flexibility index (Phi) is 7.06. The molecule has 0 aliphatic carbocycles. The first kappa shape index (κ1) is 22.2. The molecular weight excluding hydrogens is 384 g/mol. The number of nitrogens with zero attached hydrogens (tertiary/aromatic N) is 1. The first-order valence-electron chi connectivity index (χ1n) is 8.95. The van der Waals surface area contributed by atoms with E-state index in [0.717, 1.165) is 4.31 Å². The molecule has 1 aromatic rings. The monoisotopic (exact) mass is 410 g/mol. The molecule has 0 amide bonds. The Morgan fingerprint density at radius 1 is 1.43 bits per heavy atom. The molecule has 1 aliphatic heterocycles. The van der Waals surface area contributed by atoms with Crippen LogP contribution in [0.3, 0.4) is 0 Å². The Morgan fingerprint density at radius 3 is 2.64 bits per heavy atom. The molecule has 1 fully saturated rings. The van der Waals surface area contributed by atoms with Gasteiger partial charge in [-0.1, -0.05) is 11.8 Å². The maximum Gasteiger partial charge on any atom is 0.325 e. The molecule has 0 aromatic heterocycles. The van der Waals surface area contributed by atoms with Gasteiger partial charge < -0.3 is 20.3 Å². The second kappa shape index (κ2) is 8.92. The molecule has 0 spiro atoms. The largest absolute Gasteiger partial charge is 0.481 e. The Labute approximate surface area is 165 Å². The van der Waals surface area contributed by atoms with Crippen molar-refractivity contribution < 1.29 is 28.2 Å². The number of nitrogens with one attached hydrogen (secondary N) is 1. The number of hydrogen-bond donors (Lipinski definition) is 3. The number of carboxylic acids is 1. The normalized spacial score (nSPS) is 24.1. The Hall–Kier alpha value is -2.12. The summed E-state index contributed by atoms with van der Waals surface area (Å²) in [5.74, 6) is 4.87. The highest BCUT2D eigenvalue weighted by Crippen LogP contribution is 2.32. The molecule has 28 heavy (non-hydrogen) atoms. The minimum absolute atomic E-state index is 0.0347. The van der Waals surface area contributed by atoms with Gasteiger partial charge in [0.15, 0.2) is 6.04 Å². The van der Waals surface area contributed by atoms with Crippen LogP contribution in [0.15, 0.2) is 29.2 Å². The number of aliphatic hydroxyl groups is 1. The van der Waals surface area contributed by atoms with Gasteiger partial charge in [0.1, 0.15) is 12.4 Å². The van der Waals surface area contributed by atoms with Crippen LogP contribution in [0.25, 0.3) is 0 Å². The lowest BCUT2D eigenvalue weighted by Crippen LogP contribution is -2.60. The predicted molar refractivity (Wildman–Crippen MR) is 103 cm³/mol. The highest BCUT2D eigenvalue weighted by molar-refractivity contribution is 7.89. The van der Waals surface area contributed by atoms with Gasteiger partial charge in [-0.05, 0) is 58.0 Å². The van der Waals surface area contributed by atoms with Crippen LogP contribution in [0, 0.1) is 11.8 Å². The fraction of sp³-hybridized carbons (Fsp3) is 0.526. The lowest BCUT2D eigenvalue weighted by Gasteiger charge is -2.41. The Balaban J connectivity index is 2.17. The fourth-order valence-corrected chi connectivity index (χ4v) is 4.76. The number of sulfonamides is 1. The van der Waals surface area contributed by atoms with Crippen LogP contribution in [-0.4, -0.2) is 66.8 Å². The zero-order valence-corrected chi connectivity index (χ0v) is 17.0. The van der Waals surface area contributed by atoms with E-state index in [2.05, 4.69) is 17.2 Å². The average Bonchev–Trinajstić information content (AvgIpc) is 2.64. The van der Waals surface area contributed by atoms with E-state index in [1.54, 1.807) is 7.05 Å². The summed E-state index contributed by atoms with van der Waals surface area (Å²) in [6.07, 6.45) is 0.594. The van der Waals surface area contributed by atoms with E-state index in [1.165, 1.54) is 31.2 Å². The molecule has 0 saturated carbocycles. The van der Waals surface area contributed by atoms with Gasteiger partial charge in [0.05, 0.1) is 16.5 Å². The summed E-state index contributed by atoms with van der Waals surface area (Å²) in [5, 5.41) is 22.8. The third-order valence-electron chi connectivity index (χ3n) is 4.67. The molecule has 9 heteroatoms. The zero-order valence-electron chi connectivity index (χ0n) is 16.2. The van der Waals surface area contributed by atoms with Gasteiger partial charge in [0, 0.05) is 6.54 Å². The maximum atomic E-state index is 13.0. The van der Waals surface area contributed by atoms with Crippen molar-refractivity contribution in [1.29, 1.82) is 0 Å². The van der Waals surface area contributed by atoms with E-state index in [4.69, 9.17) is 4.74 Å². The van der Waals surface area contributed by atoms with E-state index < -0.39 is 27.6 Å². The van der Waals surface area contributed by atoms with Crippen LogP contribution in [0.5, 0.6) is 5.75 Å². The second-order valence-corrected chi connectivity index (χ2v) is 8.80. The molecule has 1 aliphatic rings. The smallest absolute Gasteiger partial charge is 0.325 e. The molecule has 3 unspecified atom stereocenters. The van der Waals surface area contributed by atoms with Gasteiger partial charge in [-0.15, -0.1) is 0 Å². The molecular formula is C19H26N2O6S. The summed E-state index contributed by atoms with van der Waals surface area (Å²) in [7, 11) is -2.28. The summed E-state index contributed by atoms with van der Waals surface area (Å²) < 4.78 is 32.2. The standard InChI is InChI=1S/C19H26N2O6S/c1-14(20-3)6-4-13-27-15-7-9-16(10-8-15)28(25,26)21-12-5-11-19(2,24)17(21)18(22)23/h7-10,14,17,20,24H,5,11-13H2,1-3H3,(H,22,23). The highest BCUT2D eigenvalue weighted by Gasteiger charge is 2.49. The van der Waals surface area contributed by atoms with Crippen LogP contribution < -0.4 is 10.1 Å². The SMILES string of the molecule is CNC(C)C#CCOc1ccc(S(=O)(=O)N2CCCC(C)(O)C2C(=O)O)cc1. The summed E-state index contributed by atoms with van der Waals surface area (Å²) >= 11 is 0. The first-order valence-corrected chi connectivity index (χ1v) is 10.4. The van der Waals surface area contributed by atoms with E-state index >= 15 is 0 Å². The van der Waals surface area contributed by atoms with Crippen LogP contribution in [0.4, 0.5) is 0 Å². The zero-order chi connectivity index (χ0) is 20.9. The summed E-state index contributed by atoms with van der Waals surface area (Å²) in [5.41, 5.74) is -1.64. The van der Waals surface area contributed by atoms with Crippen molar-refractivity contribution in [2.75, 3.05) is 20.2 Å². The topological polar surface area (TPSA) is 116 Å². The predicted octanol–water partition coefficient (Wildman–Crippen LogP) is 0.665. The molecule has 154 valence electrons. The van der Waals surface area contributed by atoms with E-state index in [1.807, 2.05) is 6.92 Å². The quantitative estimate of drug-likeness (QED) is 0.590. The highest BCUT2D eigenvalue weighted by atomic mass is 32.2. The number of ether oxygens (including phenoxy) is 1. The Morgan fingerprint density at radius 2 is 2.07 bits per heavy atom. The van der Waals surface area contributed by atoms with Crippen molar-refractivity contribution in [3.8, 4) is 17.6 Å². The molecule has 2 rings (SSSR count). The van der Waals surface area contributed by atoms with Gasteiger partial charge in [-0.2, -0.15) is 4.31 Å². The minimum Gasteiger partial charge on any atom is -0.481 e. The summed E-state index contributed by atoms with van der Waals surface area (Å²) in [6.45, 7) is 3.45. The van der Waals surface area contributed by atoms with Gasteiger partial charge in [0.25, 0.3) is 0 Å². The lowest BCUT2D eigenvalue weighted by atomic mass is 9.88. The van der Waals surface area contributed by atoms with Crippen molar-refractivity contribution in [2.24, 2.45) is 0 Å². The summed E-state index contributed by atoms with van der Waals surface area (Å²) in [6, 6.07) is 4.21. The lowest BCUT2D eigenvalue weighted by molar-refractivity contribution is -0.153. The Bertz CT molecular complexity index is 855. The van der Waals surface area contributed by atoms with Crippen LogP contribution in [0.2, 0.25) is 0 Å². The summed E-state index contributed by atoms with van der Waals surface area (Å²) in [4.78, 5) is 11.6. The van der Waals surface area contributed by atoms with E-state index in [9.17, 15) is 23.4 Å². The number of carboxylic acid groups (broad SMARTS) is 1. The third-order valence-corrected chi connectivity index (χ3v) is 6.54. The third kappa shape index (κ3) is 5.02. The van der Waals surface area contributed by atoms with Crippen molar-refractivity contribution in [3.63, 3.8) is 0 Å². The number of benzene rings is 1. The fourth-order valence-electron chi connectivity index (χ4n) is 3.05. The molecule has 3 N–H and O–H groups in total. The average molecular weight is 410 g/mol. The molecule has 8 nitrogen and oxygen atoms in total. The van der Waals surface area contributed by atoms with Gasteiger partial charge in [0.2, 0.25) is 10.0 Å². The van der Waals surface area contributed by atoms with Crippen molar-refractivity contribution in [3.05, 3.63) is 24.3 Å². The molecule has 1 heterocycles. The van der Waals surface area contributed by atoms with Crippen molar-refractivity contribution in [1.82, 2.24) is 9.62 Å². The van der Waals surface area contributed by atoms with Crippen LogP contribution in [0.1, 0.15) is 26.7 Å². The number of piperidine rings is 1. The van der Waals surface area contributed by atoms with Crippen LogP contribution in [-0.2, 0) is 14.8 Å². The van der Waals surface area contributed by atoms with Gasteiger partial charge in [-0.25, -0.2) is 8.42 Å². The number of hydrogen-bond acceptors (Lipinski definition) is 6. The van der Waals surface area contributed by atoms with Crippen molar-refractivity contribution in [2.45, 2.75) is 49.3 Å². The number of carbonyl (C=O) groups is 1. The van der Waals surface area contributed by atoms with Crippen LogP contribution >= 0.6 is 0 Å².